The van der Waals surface area contributed by atoms with E-state index in [0.717, 1.165) is 22.8 Å². The number of anilines is 1. The lowest BCUT2D eigenvalue weighted by Gasteiger charge is -2.39. The molecule has 1 aliphatic carbocycles. The predicted octanol–water partition coefficient (Wildman–Crippen LogP) is 3.05. The van der Waals surface area contributed by atoms with Gasteiger partial charge in [-0.25, -0.2) is 9.59 Å². The monoisotopic (exact) mass is 374 g/mol. The van der Waals surface area contributed by atoms with Crippen LogP contribution in [0.4, 0.5) is 10.5 Å². The number of nitrogens with one attached hydrogen (secondary N) is 2. The number of carbonyl (C=O) groups is 2. The second kappa shape index (κ2) is 5.36. The number of amides is 2. The van der Waals surface area contributed by atoms with E-state index in [9.17, 15) is 9.59 Å². The summed E-state index contributed by atoms with van der Waals surface area (Å²) in [6, 6.07) is 4.54. The van der Waals surface area contributed by atoms with Gasteiger partial charge in [0, 0.05) is 9.11 Å². The van der Waals surface area contributed by atoms with E-state index in [-0.39, 0.29) is 17.1 Å². The van der Waals surface area contributed by atoms with Gasteiger partial charge in [-0.05, 0) is 67.0 Å². The quantitative estimate of drug-likeness (QED) is 0.712. The van der Waals surface area contributed by atoms with Crippen LogP contribution in [-0.2, 0) is 0 Å². The molecule has 0 bridgehead atoms. The van der Waals surface area contributed by atoms with Crippen molar-refractivity contribution in [1.82, 2.24) is 5.32 Å². The van der Waals surface area contributed by atoms with Crippen LogP contribution in [0.25, 0.3) is 0 Å². The summed E-state index contributed by atoms with van der Waals surface area (Å²) < 4.78 is 0.812. The first-order chi connectivity index (χ1) is 8.89. The number of hydrogen-bond acceptors (Lipinski definition) is 2. The summed E-state index contributed by atoms with van der Waals surface area (Å²) in [5.74, 6) is -1.05. The van der Waals surface area contributed by atoms with Crippen molar-refractivity contribution >= 4 is 40.3 Å². The molecule has 1 saturated carbocycles. The first-order valence-electron chi connectivity index (χ1n) is 6.02. The van der Waals surface area contributed by atoms with Crippen molar-refractivity contribution in [2.24, 2.45) is 0 Å². The molecule has 1 fully saturated rings. The number of aromatic carboxylic acids is 1. The van der Waals surface area contributed by atoms with Gasteiger partial charge in [0.25, 0.3) is 0 Å². The molecule has 1 aliphatic rings. The van der Waals surface area contributed by atoms with Crippen LogP contribution < -0.4 is 10.6 Å². The lowest BCUT2D eigenvalue weighted by Crippen LogP contribution is -2.52. The van der Waals surface area contributed by atoms with Crippen molar-refractivity contribution in [3.63, 3.8) is 0 Å². The van der Waals surface area contributed by atoms with E-state index in [1.165, 1.54) is 6.07 Å². The number of halogens is 1. The van der Waals surface area contributed by atoms with E-state index in [2.05, 4.69) is 10.6 Å². The Kier molecular flexibility index (Phi) is 3.98. The molecule has 0 aliphatic heterocycles. The van der Waals surface area contributed by atoms with Crippen LogP contribution in [0, 0.1) is 3.57 Å². The molecular formula is C13H15IN2O3. The third kappa shape index (κ3) is 3.37. The Balaban J connectivity index is 2.10. The normalized spacial score (nSPS) is 16.3. The van der Waals surface area contributed by atoms with E-state index >= 15 is 0 Å². The molecule has 6 heteroatoms. The topological polar surface area (TPSA) is 78.4 Å². The Labute approximate surface area is 124 Å². The van der Waals surface area contributed by atoms with Gasteiger partial charge >= 0.3 is 12.0 Å². The van der Waals surface area contributed by atoms with Gasteiger partial charge in [-0.2, -0.15) is 0 Å². The maximum atomic E-state index is 11.9. The standard InChI is InChI=1S/C13H15IN2O3/c1-13(5-2-6-13)16-12(19)15-10-4-3-8(14)7-9(10)11(17)18/h3-4,7H,2,5-6H2,1H3,(H,17,18)(H2,15,16,19). The van der Waals surface area contributed by atoms with Crippen LogP contribution >= 0.6 is 22.6 Å². The van der Waals surface area contributed by atoms with Gasteiger partial charge in [0.05, 0.1) is 11.3 Å². The molecule has 0 radical (unpaired) electrons. The average molecular weight is 374 g/mol. The van der Waals surface area contributed by atoms with E-state index in [4.69, 9.17) is 5.11 Å². The van der Waals surface area contributed by atoms with Crippen LogP contribution in [0.5, 0.6) is 0 Å². The fourth-order valence-corrected chi connectivity index (χ4v) is 2.55. The van der Waals surface area contributed by atoms with Gasteiger partial charge in [0.15, 0.2) is 0 Å². The maximum Gasteiger partial charge on any atom is 0.337 e. The Hall–Kier alpha value is -1.31. The highest BCUT2D eigenvalue weighted by molar-refractivity contribution is 14.1. The van der Waals surface area contributed by atoms with Crippen molar-refractivity contribution in [2.45, 2.75) is 31.7 Å². The molecule has 102 valence electrons. The Morgan fingerprint density at radius 2 is 2.05 bits per heavy atom. The first kappa shape index (κ1) is 14.1. The van der Waals surface area contributed by atoms with Crippen LogP contribution in [0.15, 0.2) is 18.2 Å². The summed E-state index contributed by atoms with van der Waals surface area (Å²) >= 11 is 2.03. The summed E-state index contributed by atoms with van der Waals surface area (Å²) in [4.78, 5) is 23.0. The molecule has 0 aromatic heterocycles. The number of benzene rings is 1. The van der Waals surface area contributed by atoms with Crippen molar-refractivity contribution in [3.05, 3.63) is 27.3 Å². The predicted molar refractivity (Wildman–Crippen MR) is 80.5 cm³/mol. The lowest BCUT2D eigenvalue weighted by atomic mass is 9.79. The number of hydrogen-bond donors (Lipinski definition) is 3. The van der Waals surface area contributed by atoms with E-state index in [0.29, 0.717) is 5.69 Å². The molecule has 5 nitrogen and oxygen atoms in total. The van der Waals surface area contributed by atoms with Crippen molar-refractivity contribution in [3.8, 4) is 0 Å². The van der Waals surface area contributed by atoms with Crippen LogP contribution in [0.1, 0.15) is 36.5 Å². The zero-order valence-electron chi connectivity index (χ0n) is 10.5. The molecule has 1 aromatic rings. The summed E-state index contributed by atoms with van der Waals surface area (Å²) in [6.45, 7) is 1.99. The van der Waals surface area contributed by atoms with Crippen molar-refractivity contribution in [1.29, 1.82) is 0 Å². The minimum atomic E-state index is -1.05. The molecule has 1 aromatic carbocycles. The van der Waals surface area contributed by atoms with E-state index in [1.54, 1.807) is 12.1 Å². The number of carbonyl (C=O) groups excluding carboxylic acids is 1. The molecule has 0 atom stereocenters. The zero-order chi connectivity index (χ0) is 14.0. The Morgan fingerprint density at radius 1 is 1.37 bits per heavy atom. The minimum Gasteiger partial charge on any atom is -0.478 e. The van der Waals surface area contributed by atoms with Gasteiger partial charge in [-0.15, -0.1) is 0 Å². The molecule has 0 unspecified atom stereocenters. The second-order valence-corrected chi connectivity index (χ2v) is 6.23. The fraction of sp³-hybridized carbons (Fsp3) is 0.385. The number of urea groups is 1. The maximum absolute atomic E-state index is 11.9. The van der Waals surface area contributed by atoms with Gasteiger partial charge in [0.1, 0.15) is 0 Å². The molecular weight excluding hydrogens is 359 g/mol. The molecule has 0 heterocycles. The van der Waals surface area contributed by atoms with E-state index < -0.39 is 5.97 Å². The summed E-state index contributed by atoms with van der Waals surface area (Å²) in [7, 11) is 0. The van der Waals surface area contributed by atoms with Gasteiger partial charge in [-0.1, -0.05) is 0 Å². The Bertz CT molecular complexity index is 527. The molecule has 19 heavy (non-hydrogen) atoms. The average Bonchev–Trinajstić information content (AvgIpc) is 2.29. The molecule has 0 spiro atoms. The van der Waals surface area contributed by atoms with Gasteiger partial charge in [0.2, 0.25) is 0 Å². The number of carboxylic acid groups (broad SMARTS) is 1. The van der Waals surface area contributed by atoms with Crippen molar-refractivity contribution < 1.29 is 14.7 Å². The number of rotatable bonds is 3. The summed E-state index contributed by atoms with van der Waals surface area (Å²) in [5, 5.41) is 14.6. The van der Waals surface area contributed by atoms with Crippen molar-refractivity contribution in [2.75, 3.05) is 5.32 Å². The van der Waals surface area contributed by atoms with Crippen LogP contribution in [-0.4, -0.2) is 22.6 Å². The molecule has 3 N–H and O–H groups in total. The molecule has 2 amide bonds. The summed E-state index contributed by atoms with van der Waals surface area (Å²) in [5.41, 5.74) is 0.255. The molecule has 0 saturated heterocycles. The minimum absolute atomic E-state index is 0.0980. The zero-order valence-corrected chi connectivity index (χ0v) is 12.7. The smallest absolute Gasteiger partial charge is 0.337 e. The third-order valence-electron chi connectivity index (χ3n) is 3.33. The number of carboxylic acids is 1. The second-order valence-electron chi connectivity index (χ2n) is 4.99. The van der Waals surface area contributed by atoms with E-state index in [1.807, 2.05) is 29.5 Å². The first-order valence-corrected chi connectivity index (χ1v) is 7.09. The summed E-state index contributed by atoms with van der Waals surface area (Å²) in [6.07, 6.45) is 3.03. The van der Waals surface area contributed by atoms with Crippen LogP contribution in [0.3, 0.4) is 0 Å². The van der Waals surface area contributed by atoms with Gasteiger partial charge in [-0.3, -0.25) is 0 Å². The highest BCUT2D eigenvalue weighted by Crippen LogP contribution is 2.31. The largest absolute Gasteiger partial charge is 0.478 e. The lowest BCUT2D eigenvalue weighted by molar-refractivity contribution is 0.0698. The van der Waals surface area contributed by atoms with Gasteiger partial charge < -0.3 is 15.7 Å². The highest BCUT2D eigenvalue weighted by Gasteiger charge is 2.33. The highest BCUT2D eigenvalue weighted by atomic mass is 127. The SMILES string of the molecule is CC1(NC(=O)Nc2ccc(I)cc2C(=O)O)CCC1. The Morgan fingerprint density at radius 3 is 2.58 bits per heavy atom. The fourth-order valence-electron chi connectivity index (χ4n) is 2.06. The third-order valence-corrected chi connectivity index (χ3v) is 4.00. The van der Waals surface area contributed by atoms with Crippen LogP contribution in [0.2, 0.25) is 0 Å². The molecule has 2 rings (SSSR count).